The molecule has 1 aliphatic carbocycles. The predicted molar refractivity (Wildman–Crippen MR) is 72.5 cm³/mol. The molecule has 0 aliphatic heterocycles. The van der Waals surface area contributed by atoms with Crippen molar-refractivity contribution in [2.24, 2.45) is 0 Å². The molecule has 6 heteroatoms. The van der Waals surface area contributed by atoms with Crippen molar-refractivity contribution in [2.75, 3.05) is 5.75 Å². The van der Waals surface area contributed by atoms with E-state index in [-0.39, 0.29) is 5.75 Å². The van der Waals surface area contributed by atoms with Crippen molar-refractivity contribution >= 4 is 39.3 Å². The molecule has 4 nitrogen and oxygen atoms in total. The zero-order valence-electron chi connectivity index (χ0n) is 9.84. The number of thiophene rings is 1. The molecule has 0 amide bonds. The van der Waals surface area contributed by atoms with Gasteiger partial charge in [-0.25, -0.2) is 9.97 Å². The van der Waals surface area contributed by atoms with E-state index in [0.29, 0.717) is 5.92 Å². The molecule has 1 N–H and O–H groups in total. The van der Waals surface area contributed by atoms with Crippen molar-refractivity contribution in [3.63, 3.8) is 0 Å². The van der Waals surface area contributed by atoms with E-state index >= 15 is 0 Å². The van der Waals surface area contributed by atoms with Crippen molar-refractivity contribution < 1.29 is 9.90 Å². The van der Waals surface area contributed by atoms with E-state index in [1.165, 1.54) is 41.4 Å². The van der Waals surface area contributed by atoms with Crippen LogP contribution in [-0.4, -0.2) is 26.8 Å². The number of nitrogens with zero attached hydrogens (tertiary/aromatic N) is 2. The fourth-order valence-electron chi connectivity index (χ4n) is 1.99. The number of aliphatic carboxylic acids is 1. The van der Waals surface area contributed by atoms with E-state index in [4.69, 9.17) is 5.11 Å². The predicted octanol–water partition coefficient (Wildman–Crippen LogP) is 3.05. The van der Waals surface area contributed by atoms with Gasteiger partial charge in [0.15, 0.2) is 0 Å². The van der Waals surface area contributed by atoms with Crippen LogP contribution in [0.4, 0.5) is 0 Å². The van der Waals surface area contributed by atoms with Crippen LogP contribution in [0, 0.1) is 6.92 Å². The number of carbonyl (C=O) groups is 1. The Kier molecular flexibility index (Phi) is 2.99. The topological polar surface area (TPSA) is 63.1 Å². The Balaban J connectivity index is 2.04. The summed E-state index contributed by atoms with van der Waals surface area (Å²) in [6, 6.07) is 0. The highest BCUT2D eigenvalue weighted by molar-refractivity contribution is 8.00. The Hall–Kier alpha value is -1.14. The van der Waals surface area contributed by atoms with Crippen molar-refractivity contribution in [1.29, 1.82) is 0 Å². The molecule has 1 aliphatic rings. The van der Waals surface area contributed by atoms with Crippen LogP contribution in [0.25, 0.3) is 10.2 Å². The fraction of sp³-hybridized carbons (Fsp3) is 0.417. The number of thioether (sulfide) groups is 1. The van der Waals surface area contributed by atoms with Gasteiger partial charge >= 0.3 is 5.97 Å². The molecule has 1 saturated carbocycles. The van der Waals surface area contributed by atoms with E-state index < -0.39 is 5.97 Å². The zero-order chi connectivity index (χ0) is 12.7. The molecule has 94 valence electrons. The molecule has 18 heavy (non-hydrogen) atoms. The van der Waals surface area contributed by atoms with Gasteiger partial charge in [0.2, 0.25) is 0 Å². The fourth-order valence-corrected chi connectivity index (χ4v) is 4.21. The summed E-state index contributed by atoms with van der Waals surface area (Å²) >= 11 is 3.01. The summed E-state index contributed by atoms with van der Waals surface area (Å²) in [5, 5.41) is 9.54. The largest absolute Gasteiger partial charge is 0.481 e. The van der Waals surface area contributed by atoms with Gasteiger partial charge in [0.25, 0.3) is 0 Å². The summed E-state index contributed by atoms with van der Waals surface area (Å²) in [7, 11) is 0. The molecule has 0 spiro atoms. The van der Waals surface area contributed by atoms with E-state index in [0.717, 1.165) is 15.2 Å². The van der Waals surface area contributed by atoms with Crippen LogP contribution < -0.4 is 0 Å². The minimum Gasteiger partial charge on any atom is -0.481 e. The monoisotopic (exact) mass is 280 g/mol. The lowest BCUT2D eigenvalue weighted by molar-refractivity contribution is -0.133. The molecular formula is C12H12N2O2S2. The standard InChI is InChI=1S/C12H12N2O2S2/c1-6-9-11(18-10(6)7-2-3-7)12(14-5-13-9)17-4-8(15)16/h5,7H,2-4H2,1H3,(H,15,16). The first kappa shape index (κ1) is 11.9. The Morgan fingerprint density at radius 3 is 3.00 bits per heavy atom. The average molecular weight is 280 g/mol. The van der Waals surface area contributed by atoms with Crippen LogP contribution in [0.15, 0.2) is 11.4 Å². The third kappa shape index (κ3) is 2.10. The van der Waals surface area contributed by atoms with Gasteiger partial charge in [-0.1, -0.05) is 11.8 Å². The van der Waals surface area contributed by atoms with Crippen molar-refractivity contribution in [3.8, 4) is 0 Å². The smallest absolute Gasteiger partial charge is 0.313 e. The van der Waals surface area contributed by atoms with Gasteiger partial charge in [-0.2, -0.15) is 0 Å². The Morgan fingerprint density at radius 1 is 1.56 bits per heavy atom. The summed E-state index contributed by atoms with van der Waals surface area (Å²) in [6.45, 7) is 2.10. The number of carboxylic acid groups (broad SMARTS) is 1. The number of fused-ring (bicyclic) bond motifs is 1. The maximum absolute atomic E-state index is 10.6. The summed E-state index contributed by atoms with van der Waals surface area (Å²) in [4.78, 5) is 20.6. The summed E-state index contributed by atoms with van der Waals surface area (Å²) in [6.07, 6.45) is 4.06. The van der Waals surface area contributed by atoms with Gasteiger partial charge in [-0.3, -0.25) is 4.79 Å². The first-order valence-electron chi connectivity index (χ1n) is 5.75. The minimum absolute atomic E-state index is 0.0435. The molecule has 0 unspecified atom stereocenters. The maximum Gasteiger partial charge on any atom is 0.313 e. The van der Waals surface area contributed by atoms with Gasteiger partial charge < -0.3 is 5.11 Å². The van der Waals surface area contributed by atoms with Crippen LogP contribution in [0.5, 0.6) is 0 Å². The Labute approximate surface area is 112 Å². The van der Waals surface area contributed by atoms with E-state index in [2.05, 4.69) is 16.9 Å². The van der Waals surface area contributed by atoms with Gasteiger partial charge in [0, 0.05) is 4.88 Å². The molecule has 1 fully saturated rings. The highest BCUT2D eigenvalue weighted by Crippen LogP contribution is 2.48. The molecule has 0 saturated heterocycles. The highest BCUT2D eigenvalue weighted by atomic mass is 32.2. The number of hydrogen-bond donors (Lipinski definition) is 1. The molecule has 0 radical (unpaired) electrons. The third-order valence-electron chi connectivity index (χ3n) is 2.99. The second-order valence-corrected chi connectivity index (χ2v) is 6.42. The first-order valence-corrected chi connectivity index (χ1v) is 7.55. The Bertz CT molecular complexity index is 620. The molecule has 2 aromatic rings. The number of hydrogen-bond acceptors (Lipinski definition) is 5. The molecule has 2 aromatic heterocycles. The van der Waals surface area contributed by atoms with E-state index in [1.54, 1.807) is 11.3 Å². The SMILES string of the molecule is Cc1c(C2CC2)sc2c(SCC(=O)O)ncnc12. The molecule has 0 aromatic carbocycles. The average Bonchev–Trinajstić information content (AvgIpc) is 3.12. The van der Waals surface area contributed by atoms with Crippen LogP contribution in [-0.2, 0) is 4.79 Å². The number of carboxylic acids is 1. The van der Waals surface area contributed by atoms with Crippen molar-refractivity contribution in [3.05, 3.63) is 16.8 Å². The molecule has 3 rings (SSSR count). The highest BCUT2D eigenvalue weighted by Gasteiger charge is 2.28. The number of rotatable bonds is 4. The molecular weight excluding hydrogens is 268 g/mol. The van der Waals surface area contributed by atoms with Crippen LogP contribution >= 0.6 is 23.1 Å². The second kappa shape index (κ2) is 4.51. The van der Waals surface area contributed by atoms with Crippen LogP contribution in [0.3, 0.4) is 0 Å². The van der Waals surface area contributed by atoms with E-state index in [1.807, 2.05) is 0 Å². The zero-order valence-corrected chi connectivity index (χ0v) is 11.5. The van der Waals surface area contributed by atoms with Gasteiger partial charge in [0.1, 0.15) is 11.4 Å². The van der Waals surface area contributed by atoms with Crippen LogP contribution in [0.1, 0.15) is 29.2 Å². The van der Waals surface area contributed by atoms with E-state index in [9.17, 15) is 4.79 Å². The normalized spacial score (nSPS) is 15.2. The molecule has 0 bridgehead atoms. The lowest BCUT2D eigenvalue weighted by Gasteiger charge is -1.98. The number of aromatic nitrogens is 2. The molecule has 0 atom stereocenters. The summed E-state index contributed by atoms with van der Waals surface area (Å²) < 4.78 is 1.04. The van der Waals surface area contributed by atoms with Crippen molar-refractivity contribution in [2.45, 2.75) is 30.7 Å². The lowest BCUT2D eigenvalue weighted by atomic mass is 10.2. The van der Waals surface area contributed by atoms with Gasteiger partial charge in [0.05, 0.1) is 16.0 Å². The number of aryl methyl sites for hydroxylation is 1. The van der Waals surface area contributed by atoms with Crippen LogP contribution in [0.2, 0.25) is 0 Å². The lowest BCUT2D eigenvalue weighted by Crippen LogP contribution is -1.98. The Morgan fingerprint density at radius 2 is 2.33 bits per heavy atom. The van der Waals surface area contributed by atoms with Gasteiger partial charge in [-0.15, -0.1) is 11.3 Å². The maximum atomic E-state index is 10.6. The quantitative estimate of drug-likeness (QED) is 0.689. The third-order valence-corrected chi connectivity index (χ3v) is 5.54. The summed E-state index contributed by atoms with van der Waals surface area (Å²) in [5.41, 5.74) is 2.24. The second-order valence-electron chi connectivity index (χ2n) is 4.40. The first-order chi connectivity index (χ1) is 8.66. The summed E-state index contributed by atoms with van der Waals surface area (Å²) in [5.74, 6) is -0.0778. The minimum atomic E-state index is -0.817. The van der Waals surface area contributed by atoms with Crippen molar-refractivity contribution in [1.82, 2.24) is 9.97 Å². The molecule has 2 heterocycles. The van der Waals surface area contributed by atoms with Gasteiger partial charge in [-0.05, 0) is 31.2 Å².